The lowest BCUT2D eigenvalue weighted by atomic mass is 10.3. The summed E-state index contributed by atoms with van der Waals surface area (Å²) < 4.78 is 1.62. The van der Waals surface area contributed by atoms with E-state index >= 15 is 0 Å². The van der Waals surface area contributed by atoms with Crippen LogP contribution in [0.3, 0.4) is 0 Å². The molecule has 84 valence electrons. The van der Waals surface area contributed by atoms with Crippen molar-refractivity contribution in [1.82, 2.24) is 15.1 Å². The summed E-state index contributed by atoms with van der Waals surface area (Å²) in [5, 5.41) is 8.86. The Morgan fingerprint density at radius 1 is 1.62 bits per heavy atom. The van der Waals surface area contributed by atoms with Gasteiger partial charge in [-0.15, -0.1) is 11.3 Å². The SMILES string of the molecule is Cc1ccsc1CNC(=O)c1cnn(C)c1. The van der Waals surface area contributed by atoms with Crippen molar-refractivity contribution in [3.8, 4) is 0 Å². The molecule has 0 bridgehead atoms. The summed E-state index contributed by atoms with van der Waals surface area (Å²) in [6.45, 7) is 2.62. The third kappa shape index (κ3) is 2.30. The lowest BCUT2D eigenvalue weighted by Gasteiger charge is -2.02. The van der Waals surface area contributed by atoms with Gasteiger partial charge in [0.25, 0.3) is 5.91 Å². The predicted molar refractivity (Wildman–Crippen MR) is 63.4 cm³/mol. The van der Waals surface area contributed by atoms with Crippen LogP contribution in [0.2, 0.25) is 0 Å². The number of aryl methyl sites for hydroxylation is 2. The largest absolute Gasteiger partial charge is 0.347 e. The van der Waals surface area contributed by atoms with Gasteiger partial charge < -0.3 is 5.32 Å². The maximum atomic E-state index is 11.7. The van der Waals surface area contributed by atoms with Gasteiger partial charge in [0, 0.05) is 18.1 Å². The van der Waals surface area contributed by atoms with Crippen LogP contribution in [-0.2, 0) is 13.6 Å². The average molecular weight is 235 g/mol. The molecule has 0 radical (unpaired) electrons. The van der Waals surface area contributed by atoms with E-state index in [0.717, 1.165) is 0 Å². The molecule has 2 aromatic heterocycles. The molecule has 0 fully saturated rings. The molecule has 0 unspecified atom stereocenters. The van der Waals surface area contributed by atoms with Crippen LogP contribution in [0, 0.1) is 6.92 Å². The second-order valence-corrected chi connectivity index (χ2v) is 4.61. The second-order valence-electron chi connectivity index (χ2n) is 3.61. The molecular formula is C11H13N3OS. The molecule has 5 heteroatoms. The number of nitrogens with zero attached hydrogens (tertiary/aromatic N) is 2. The van der Waals surface area contributed by atoms with Crippen LogP contribution < -0.4 is 5.32 Å². The van der Waals surface area contributed by atoms with Gasteiger partial charge in [0.15, 0.2) is 0 Å². The lowest BCUT2D eigenvalue weighted by Crippen LogP contribution is -2.22. The van der Waals surface area contributed by atoms with Crippen LogP contribution in [0.1, 0.15) is 20.8 Å². The molecule has 2 heterocycles. The smallest absolute Gasteiger partial charge is 0.254 e. The van der Waals surface area contributed by atoms with E-state index in [1.54, 1.807) is 35.5 Å². The van der Waals surface area contributed by atoms with Crippen molar-refractivity contribution in [2.24, 2.45) is 7.05 Å². The number of carbonyl (C=O) groups is 1. The highest BCUT2D eigenvalue weighted by atomic mass is 32.1. The van der Waals surface area contributed by atoms with Gasteiger partial charge in [0.2, 0.25) is 0 Å². The van der Waals surface area contributed by atoms with E-state index in [0.29, 0.717) is 12.1 Å². The molecule has 1 amide bonds. The standard InChI is InChI=1S/C11H13N3OS/c1-8-3-4-16-10(8)6-12-11(15)9-5-13-14(2)7-9/h3-5,7H,6H2,1-2H3,(H,12,15). The predicted octanol–water partition coefficient (Wildman–Crippen LogP) is 1.72. The zero-order valence-electron chi connectivity index (χ0n) is 9.23. The summed E-state index contributed by atoms with van der Waals surface area (Å²) in [7, 11) is 1.79. The Bertz CT molecular complexity index is 501. The zero-order chi connectivity index (χ0) is 11.5. The minimum Gasteiger partial charge on any atom is -0.347 e. The van der Waals surface area contributed by atoms with Crippen LogP contribution in [0.25, 0.3) is 0 Å². The Balaban J connectivity index is 1.96. The highest BCUT2D eigenvalue weighted by molar-refractivity contribution is 7.10. The van der Waals surface area contributed by atoms with Crippen molar-refractivity contribution in [3.63, 3.8) is 0 Å². The highest BCUT2D eigenvalue weighted by Gasteiger charge is 2.08. The third-order valence-corrected chi connectivity index (χ3v) is 3.37. The summed E-state index contributed by atoms with van der Waals surface area (Å²) in [5.41, 5.74) is 1.81. The van der Waals surface area contributed by atoms with Crippen molar-refractivity contribution in [2.75, 3.05) is 0 Å². The van der Waals surface area contributed by atoms with Gasteiger partial charge >= 0.3 is 0 Å². The number of amides is 1. The van der Waals surface area contributed by atoms with Crippen molar-refractivity contribution in [3.05, 3.63) is 39.8 Å². The van der Waals surface area contributed by atoms with Crippen LogP contribution in [0.15, 0.2) is 23.8 Å². The molecule has 2 rings (SSSR count). The van der Waals surface area contributed by atoms with Crippen LogP contribution >= 0.6 is 11.3 Å². The van der Waals surface area contributed by atoms with E-state index < -0.39 is 0 Å². The summed E-state index contributed by atoms with van der Waals surface area (Å²) in [6, 6.07) is 2.05. The van der Waals surface area contributed by atoms with E-state index in [9.17, 15) is 4.79 Å². The topological polar surface area (TPSA) is 46.9 Å². The fourth-order valence-corrected chi connectivity index (χ4v) is 2.23. The van der Waals surface area contributed by atoms with E-state index in [-0.39, 0.29) is 5.91 Å². The molecule has 0 saturated heterocycles. The monoisotopic (exact) mass is 235 g/mol. The van der Waals surface area contributed by atoms with Gasteiger partial charge in [-0.1, -0.05) is 0 Å². The Morgan fingerprint density at radius 2 is 2.44 bits per heavy atom. The fraction of sp³-hybridized carbons (Fsp3) is 0.273. The maximum Gasteiger partial charge on any atom is 0.254 e. The number of aromatic nitrogens is 2. The Hall–Kier alpha value is -1.62. The van der Waals surface area contributed by atoms with Gasteiger partial charge in [0.1, 0.15) is 0 Å². The molecule has 1 N–H and O–H groups in total. The number of carbonyl (C=O) groups excluding carboxylic acids is 1. The molecule has 0 aliphatic rings. The average Bonchev–Trinajstić information content (AvgIpc) is 2.84. The summed E-state index contributed by atoms with van der Waals surface area (Å²) >= 11 is 1.66. The summed E-state index contributed by atoms with van der Waals surface area (Å²) in [6.07, 6.45) is 3.27. The molecule has 0 aliphatic heterocycles. The fourth-order valence-electron chi connectivity index (χ4n) is 1.39. The van der Waals surface area contributed by atoms with Crippen LogP contribution in [-0.4, -0.2) is 15.7 Å². The Labute approximate surface area is 97.9 Å². The van der Waals surface area contributed by atoms with E-state index in [1.807, 2.05) is 12.3 Å². The summed E-state index contributed by atoms with van der Waals surface area (Å²) in [5.74, 6) is -0.0825. The zero-order valence-corrected chi connectivity index (χ0v) is 10.0. The Morgan fingerprint density at radius 3 is 3.00 bits per heavy atom. The second kappa shape index (κ2) is 4.49. The highest BCUT2D eigenvalue weighted by Crippen LogP contribution is 2.14. The first kappa shape index (κ1) is 10.9. The maximum absolute atomic E-state index is 11.7. The minimum atomic E-state index is -0.0825. The van der Waals surface area contributed by atoms with E-state index in [1.165, 1.54) is 10.4 Å². The van der Waals surface area contributed by atoms with E-state index in [4.69, 9.17) is 0 Å². The lowest BCUT2D eigenvalue weighted by molar-refractivity contribution is 0.0951. The first-order chi connectivity index (χ1) is 7.66. The van der Waals surface area contributed by atoms with Crippen molar-refractivity contribution >= 4 is 17.2 Å². The van der Waals surface area contributed by atoms with Crippen LogP contribution in [0.5, 0.6) is 0 Å². The quantitative estimate of drug-likeness (QED) is 0.880. The number of rotatable bonds is 3. The molecular weight excluding hydrogens is 222 g/mol. The number of hydrogen-bond acceptors (Lipinski definition) is 3. The Kier molecular flexibility index (Phi) is 3.05. The summed E-state index contributed by atoms with van der Waals surface area (Å²) in [4.78, 5) is 12.9. The number of thiophene rings is 1. The molecule has 16 heavy (non-hydrogen) atoms. The molecule has 0 aliphatic carbocycles. The van der Waals surface area contributed by atoms with Gasteiger partial charge in [-0.25, -0.2) is 0 Å². The first-order valence-corrected chi connectivity index (χ1v) is 5.84. The third-order valence-electron chi connectivity index (χ3n) is 2.34. The van der Waals surface area contributed by atoms with Gasteiger partial charge in [-0.05, 0) is 23.9 Å². The van der Waals surface area contributed by atoms with Gasteiger partial charge in [0.05, 0.1) is 18.3 Å². The normalized spacial score (nSPS) is 10.4. The molecule has 0 spiro atoms. The minimum absolute atomic E-state index is 0.0825. The molecule has 0 atom stereocenters. The van der Waals surface area contributed by atoms with Crippen molar-refractivity contribution < 1.29 is 4.79 Å². The molecule has 4 nitrogen and oxygen atoms in total. The van der Waals surface area contributed by atoms with Gasteiger partial charge in [-0.3, -0.25) is 9.48 Å². The van der Waals surface area contributed by atoms with E-state index in [2.05, 4.69) is 16.5 Å². The number of nitrogens with one attached hydrogen (secondary N) is 1. The van der Waals surface area contributed by atoms with Crippen molar-refractivity contribution in [2.45, 2.75) is 13.5 Å². The molecule has 0 aromatic carbocycles. The van der Waals surface area contributed by atoms with Crippen LogP contribution in [0.4, 0.5) is 0 Å². The molecule has 0 saturated carbocycles. The first-order valence-electron chi connectivity index (χ1n) is 4.96. The number of hydrogen-bond donors (Lipinski definition) is 1. The molecule has 2 aromatic rings. The van der Waals surface area contributed by atoms with Crippen molar-refractivity contribution in [1.29, 1.82) is 0 Å². The van der Waals surface area contributed by atoms with Gasteiger partial charge in [-0.2, -0.15) is 5.10 Å².